The van der Waals surface area contributed by atoms with Crippen LogP contribution in [0.5, 0.6) is 17.2 Å². The van der Waals surface area contributed by atoms with Crippen LogP contribution in [0.3, 0.4) is 0 Å². The number of benzene rings is 3. The Hall–Kier alpha value is -4.52. The van der Waals surface area contributed by atoms with Crippen molar-refractivity contribution in [3.05, 3.63) is 82.9 Å². The van der Waals surface area contributed by atoms with E-state index in [1.54, 1.807) is 25.3 Å². The van der Waals surface area contributed by atoms with E-state index in [1.807, 2.05) is 31.2 Å². The molecule has 0 aliphatic carbocycles. The van der Waals surface area contributed by atoms with Gasteiger partial charge in [-0.15, -0.1) is 0 Å². The molecule has 7 heteroatoms. The fourth-order valence-corrected chi connectivity index (χ4v) is 4.34. The number of esters is 1. The molecule has 0 bridgehead atoms. The zero-order valence-corrected chi connectivity index (χ0v) is 21.8. The quantitative estimate of drug-likeness (QED) is 0.157. The Bertz CT molecular complexity index is 1530. The van der Waals surface area contributed by atoms with E-state index in [0.29, 0.717) is 22.7 Å². The largest absolute Gasteiger partial charge is 0.504 e. The van der Waals surface area contributed by atoms with Crippen molar-refractivity contribution < 1.29 is 33.7 Å². The highest BCUT2D eigenvalue weighted by atomic mass is 16.5. The first-order chi connectivity index (χ1) is 18.2. The van der Waals surface area contributed by atoms with Crippen molar-refractivity contribution >= 4 is 28.8 Å². The predicted molar refractivity (Wildman–Crippen MR) is 145 cm³/mol. The third-order valence-corrected chi connectivity index (χ3v) is 6.65. The van der Waals surface area contributed by atoms with Crippen molar-refractivity contribution in [2.75, 3.05) is 14.2 Å². The number of phenolic OH excluding ortho intramolecular Hbond substituents is 2. The smallest absolute Gasteiger partial charge is 0.309 e. The fourth-order valence-electron chi connectivity index (χ4n) is 4.34. The normalized spacial score (nSPS) is 12.1. The van der Waals surface area contributed by atoms with Crippen molar-refractivity contribution in [2.24, 2.45) is 5.92 Å². The highest BCUT2D eigenvalue weighted by Crippen LogP contribution is 2.36. The molecule has 0 spiro atoms. The molecule has 38 heavy (non-hydrogen) atoms. The lowest BCUT2D eigenvalue weighted by Gasteiger charge is -2.13. The maximum absolute atomic E-state index is 12.9. The highest BCUT2D eigenvalue weighted by molar-refractivity contribution is 6.00. The zero-order valence-electron chi connectivity index (χ0n) is 21.8. The summed E-state index contributed by atoms with van der Waals surface area (Å²) in [6.45, 7) is 4.10. The summed E-state index contributed by atoms with van der Waals surface area (Å²) < 4.78 is 16.6. The molecule has 0 radical (unpaired) electrons. The van der Waals surface area contributed by atoms with Gasteiger partial charge in [-0.2, -0.15) is 0 Å². The first kappa shape index (κ1) is 26.5. The Labute approximate surface area is 220 Å². The second-order valence-electron chi connectivity index (χ2n) is 9.26. The number of ether oxygens (including phenoxy) is 2. The van der Waals surface area contributed by atoms with E-state index in [4.69, 9.17) is 13.9 Å². The van der Waals surface area contributed by atoms with Crippen LogP contribution in [0.15, 0.2) is 65.1 Å². The van der Waals surface area contributed by atoms with Gasteiger partial charge in [-0.25, -0.2) is 0 Å². The molecule has 3 aromatic carbocycles. The molecule has 0 aliphatic heterocycles. The van der Waals surface area contributed by atoms with Crippen LogP contribution in [-0.4, -0.2) is 36.2 Å². The molecule has 2 N–H and O–H groups in total. The van der Waals surface area contributed by atoms with Gasteiger partial charge in [-0.3, -0.25) is 9.59 Å². The zero-order chi connectivity index (χ0) is 27.4. The van der Waals surface area contributed by atoms with Crippen LogP contribution in [0.1, 0.15) is 28.7 Å². The minimum absolute atomic E-state index is 0.0800. The topological polar surface area (TPSA) is 106 Å². The van der Waals surface area contributed by atoms with Crippen LogP contribution in [0, 0.1) is 19.8 Å². The number of hydrogen-bond acceptors (Lipinski definition) is 7. The van der Waals surface area contributed by atoms with E-state index in [0.717, 1.165) is 22.1 Å². The molecule has 0 saturated heterocycles. The molecule has 196 valence electrons. The monoisotopic (exact) mass is 514 g/mol. The molecular formula is C31H30O7. The summed E-state index contributed by atoms with van der Waals surface area (Å²) in [6, 6.07) is 16.0. The molecule has 1 heterocycles. The molecular weight excluding hydrogens is 484 g/mol. The molecule has 7 nitrogen and oxygen atoms in total. The van der Waals surface area contributed by atoms with Gasteiger partial charge in [0.05, 0.1) is 20.1 Å². The molecule has 4 rings (SSSR count). The summed E-state index contributed by atoms with van der Waals surface area (Å²) in [4.78, 5) is 25.3. The number of allylic oxidation sites excluding steroid dienone is 1. The summed E-state index contributed by atoms with van der Waals surface area (Å²) in [6.07, 6.45) is 3.23. The number of rotatable bonds is 9. The predicted octanol–water partition coefficient (Wildman–Crippen LogP) is 6.14. The molecule has 0 unspecified atom stereocenters. The Morgan fingerprint density at radius 2 is 1.74 bits per heavy atom. The fraction of sp³-hybridized carbons (Fsp3) is 0.226. The average molecular weight is 515 g/mol. The summed E-state index contributed by atoms with van der Waals surface area (Å²) >= 11 is 0. The maximum Gasteiger partial charge on any atom is 0.309 e. The summed E-state index contributed by atoms with van der Waals surface area (Å²) in [5, 5.41) is 20.1. The maximum atomic E-state index is 12.9. The minimum atomic E-state index is -0.748. The SMILES string of the molecule is COC(=O)[C@H](CC(=O)/C=C/c1ccc(OC)c2oc(-c3ccc(C)c(C)c3)cc12)Cc1ccc(O)c(O)c1. The van der Waals surface area contributed by atoms with Gasteiger partial charge in [-0.05, 0) is 78.9 Å². The van der Waals surface area contributed by atoms with E-state index < -0.39 is 11.9 Å². The van der Waals surface area contributed by atoms with Crippen molar-refractivity contribution in [3.8, 4) is 28.6 Å². The molecule has 0 saturated carbocycles. The third kappa shape index (κ3) is 5.72. The lowest BCUT2D eigenvalue weighted by atomic mass is 9.93. The van der Waals surface area contributed by atoms with Crippen LogP contribution >= 0.6 is 0 Å². The van der Waals surface area contributed by atoms with Crippen molar-refractivity contribution in [2.45, 2.75) is 26.7 Å². The third-order valence-electron chi connectivity index (χ3n) is 6.65. The minimum Gasteiger partial charge on any atom is -0.504 e. The first-order valence-electron chi connectivity index (χ1n) is 12.2. The van der Waals surface area contributed by atoms with Crippen LogP contribution in [-0.2, 0) is 20.7 Å². The van der Waals surface area contributed by atoms with E-state index >= 15 is 0 Å². The number of carbonyl (C=O) groups is 2. The van der Waals surface area contributed by atoms with E-state index in [1.165, 1.54) is 30.9 Å². The lowest BCUT2D eigenvalue weighted by Crippen LogP contribution is -2.21. The molecule has 0 aliphatic rings. The van der Waals surface area contributed by atoms with Crippen LogP contribution in [0.2, 0.25) is 0 Å². The van der Waals surface area contributed by atoms with Crippen molar-refractivity contribution in [1.82, 2.24) is 0 Å². The summed E-state index contributed by atoms with van der Waals surface area (Å²) in [5.74, 6) is -0.807. The van der Waals surface area contributed by atoms with Gasteiger partial charge in [0.25, 0.3) is 0 Å². The van der Waals surface area contributed by atoms with E-state index in [-0.39, 0.29) is 30.1 Å². The van der Waals surface area contributed by atoms with Crippen LogP contribution in [0.4, 0.5) is 0 Å². The summed E-state index contributed by atoms with van der Waals surface area (Å²) in [7, 11) is 2.84. The van der Waals surface area contributed by atoms with Crippen molar-refractivity contribution in [1.29, 1.82) is 0 Å². The Morgan fingerprint density at radius 1 is 0.947 bits per heavy atom. The van der Waals surface area contributed by atoms with Gasteiger partial charge in [-0.1, -0.05) is 30.3 Å². The number of hydrogen-bond donors (Lipinski definition) is 2. The average Bonchev–Trinajstić information content (AvgIpc) is 3.36. The number of methoxy groups -OCH3 is 2. The molecule has 1 atom stereocenters. The number of aryl methyl sites for hydroxylation is 2. The van der Waals surface area contributed by atoms with Gasteiger partial charge < -0.3 is 24.1 Å². The van der Waals surface area contributed by atoms with Crippen molar-refractivity contribution in [3.63, 3.8) is 0 Å². The lowest BCUT2D eigenvalue weighted by molar-refractivity contribution is -0.146. The number of furan rings is 1. The van der Waals surface area contributed by atoms with Gasteiger partial charge >= 0.3 is 5.97 Å². The first-order valence-corrected chi connectivity index (χ1v) is 12.2. The van der Waals surface area contributed by atoms with Gasteiger partial charge in [0.1, 0.15) is 5.76 Å². The number of carbonyl (C=O) groups excluding carboxylic acids is 2. The number of phenols is 2. The van der Waals surface area contributed by atoms with Crippen LogP contribution < -0.4 is 4.74 Å². The molecule has 0 amide bonds. The van der Waals surface area contributed by atoms with Gasteiger partial charge in [0, 0.05) is 17.4 Å². The molecule has 4 aromatic rings. The Kier molecular flexibility index (Phi) is 7.86. The van der Waals surface area contributed by atoms with Gasteiger partial charge in [0.2, 0.25) is 0 Å². The second kappa shape index (κ2) is 11.3. The van der Waals surface area contributed by atoms with E-state index in [9.17, 15) is 19.8 Å². The molecule has 1 aromatic heterocycles. The summed E-state index contributed by atoms with van der Waals surface area (Å²) in [5.41, 5.74) is 5.24. The van der Waals surface area contributed by atoms with Gasteiger partial charge in [0.15, 0.2) is 28.6 Å². The van der Waals surface area contributed by atoms with Crippen LogP contribution in [0.25, 0.3) is 28.4 Å². The van der Waals surface area contributed by atoms with E-state index in [2.05, 4.69) is 13.0 Å². The number of fused-ring (bicyclic) bond motifs is 1. The Balaban J connectivity index is 1.59. The second-order valence-corrected chi connectivity index (χ2v) is 9.26. The standard InChI is InChI=1S/C31H30O7/c1-18-5-7-22(13-19(18)2)29-17-25-21(9-12-28(36-3)30(25)38-29)8-10-24(32)16-23(31(35)37-4)14-20-6-11-26(33)27(34)15-20/h5-13,15,17,23,33-34H,14,16H2,1-4H3/b10-8+/t23-/m0/s1. The highest BCUT2D eigenvalue weighted by Gasteiger charge is 2.23. The number of ketones is 1. The molecule has 0 fully saturated rings. The Morgan fingerprint density at radius 3 is 2.42 bits per heavy atom. The number of aromatic hydroxyl groups is 2.